The summed E-state index contributed by atoms with van der Waals surface area (Å²) in [7, 11) is 0. The van der Waals surface area contributed by atoms with Crippen molar-refractivity contribution in [3.63, 3.8) is 0 Å². The van der Waals surface area contributed by atoms with Gasteiger partial charge >= 0.3 is 21.1 Å². The minimum Gasteiger partial charge on any atom is -0.280 e. The molecule has 0 bridgehead atoms. The van der Waals surface area contributed by atoms with Crippen LogP contribution in [0.2, 0.25) is 0 Å². The number of aromatic nitrogens is 2. The first-order chi connectivity index (χ1) is 21.3. The Morgan fingerprint density at radius 3 is 1.30 bits per heavy atom. The number of nitrogens with zero attached hydrogens (tertiary/aromatic N) is 3. The average molecular weight is 745 g/mol. The first kappa shape index (κ1) is 29.0. The quantitative estimate of drug-likeness (QED) is 0.152. The molecule has 0 saturated heterocycles. The number of anilines is 3. The van der Waals surface area contributed by atoms with Crippen molar-refractivity contribution in [1.82, 2.24) is 9.97 Å². The Bertz CT molecular complexity index is 1850. The van der Waals surface area contributed by atoms with Gasteiger partial charge in [0.15, 0.2) is 0 Å². The predicted octanol–water partition coefficient (Wildman–Crippen LogP) is 10.2. The second-order valence-electron chi connectivity index (χ2n) is 10.1. The van der Waals surface area contributed by atoms with Crippen LogP contribution in [-0.2, 0) is 21.1 Å². The Morgan fingerprint density at radius 2 is 0.841 bits per heavy atom. The maximum atomic E-state index is 5.13. The van der Waals surface area contributed by atoms with E-state index >= 15 is 0 Å². The van der Waals surface area contributed by atoms with Crippen LogP contribution in [0.4, 0.5) is 17.3 Å². The molecule has 0 fully saturated rings. The second-order valence-corrected chi connectivity index (χ2v) is 10.1. The van der Waals surface area contributed by atoms with E-state index in [4.69, 9.17) is 9.97 Å². The second kappa shape index (κ2) is 13.5. The van der Waals surface area contributed by atoms with Crippen LogP contribution in [-0.4, -0.2) is 9.97 Å². The van der Waals surface area contributed by atoms with Crippen molar-refractivity contribution in [2.45, 2.75) is 0 Å². The number of rotatable bonds is 7. The van der Waals surface area contributed by atoms with Gasteiger partial charge in [0, 0.05) is 5.69 Å². The molecule has 44 heavy (non-hydrogen) atoms. The van der Waals surface area contributed by atoms with Crippen molar-refractivity contribution >= 4 is 17.3 Å². The van der Waals surface area contributed by atoms with Crippen LogP contribution in [0.1, 0.15) is 0 Å². The molecule has 0 unspecified atom stereocenters. The molecule has 3 nitrogen and oxygen atoms in total. The van der Waals surface area contributed by atoms with Crippen LogP contribution in [0.5, 0.6) is 0 Å². The van der Waals surface area contributed by atoms with Gasteiger partial charge in [0.1, 0.15) is 11.6 Å². The Labute approximate surface area is 272 Å². The van der Waals surface area contributed by atoms with Gasteiger partial charge in [-0.25, -0.2) is 0 Å². The summed E-state index contributed by atoms with van der Waals surface area (Å²) < 4.78 is 0. The van der Waals surface area contributed by atoms with Gasteiger partial charge < -0.3 is 0 Å². The van der Waals surface area contributed by atoms with Crippen molar-refractivity contribution in [2.24, 2.45) is 0 Å². The molecule has 7 aromatic rings. The van der Waals surface area contributed by atoms with Gasteiger partial charge in [-0.3, -0.25) is 14.9 Å². The molecular formula is C40H27N3Pt. The summed E-state index contributed by atoms with van der Waals surface area (Å²) in [5.74, 6) is 1.54. The third-order valence-electron chi connectivity index (χ3n) is 7.31. The molecule has 0 amide bonds. The summed E-state index contributed by atoms with van der Waals surface area (Å²) in [5.41, 5.74) is 9.11. The van der Waals surface area contributed by atoms with E-state index in [1.54, 1.807) is 0 Å². The Kier molecular flexibility index (Phi) is 8.87. The molecule has 0 N–H and O–H groups in total. The van der Waals surface area contributed by atoms with Crippen LogP contribution in [0.3, 0.4) is 0 Å². The van der Waals surface area contributed by atoms with Crippen molar-refractivity contribution < 1.29 is 21.1 Å². The van der Waals surface area contributed by atoms with Crippen molar-refractivity contribution in [2.75, 3.05) is 4.90 Å². The number of pyridine rings is 2. The van der Waals surface area contributed by atoms with Crippen LogP contribution in [0.25, 0.3) is 44.8 Å². The molecule has 4 heteroatoms. The number of para-hydroxylation sites is 1. The summed E-state index contributed by atoms with van der Waals surface area (Å²) in [5, 5.41) is 0. The third kappa shape index (κ3) is 6.29. The van der Waals surface area contributed by atoms with Gasteiger partial charge in [-0.15, -0.1) is 70.8 Å². The minimum absolute atomic E-state index is 0. The molecule has 0 atom stereocenters. The summed E-state index contributed by atoms with van der Waals surface area (Å²) in [4.78, 5) is 12.4. The van der Waals surface area contributed by atoms with Gasteiger partial charge in [-0.1, -0.05) is 103 Å². The van der Waals surface area contributed by atoms with E-state index in [0.717, 1.165) is 62.1 Å². The Balaban J connectivity index is 0.00000343. The zero-order valence-electron chi connectivity index (χ0n) is 23.7. The predicted molar refractivity (Wildman–Crippen MR) is 176 cm³/mol. The van der Waals surface area contributed by atoms with Crippen LogP contribution >= 0.6 is 0 Å². The number of benzene rings is 5. The summed E-state index contributed by atoms with van der Waals surface area (Å²) in [6.45, 7) is 0. The molecule has 2 aromatic heterocycles. The Morgan fingerprint density at radius 1 is 0.409 bits per heavy atom. The molecule has 0 spiro atoms. The number of hydrogen-bond acceptors (Lipinski definition) is 3. The SMILES string of the molecule is [Pt+2].[c-]1ccc(-c2ccccc2)cc1-c1cccc(N(c2ccccc2)c2cccc(-c3[c-]ccc(-c4ccccc4)c3)n2)n1. The van der Waals surface area contributed by atoms with Crippen molar-refractivity contribution in [3.05, 3.63) is 176 Å². The van der Waals surface area contributed by atoms with Gasteiger partial charge in [0.05, 0.1) is 0 Å². The summed E-state index contributed by atoms with van der Waals surface area (Å²) in [6, 6.07) is 62.3. The van der Waals surface area contributed by atoms with Gasteiger partial charge in [0.25, 0.3) is 0 Å². The van der Waals surface area contributed by atoms with E-state index in [9.17, 15) is 0 Å². The normalized spacial score (nSPS) is 10.5. The molecule has 0 radical (unpaired) electrons. The molecule has 0 aliphatic rings. The van der Waals surface area contributed by atoms with Gasteiger partial charge in [0.2, 0.25) is 0 Å². The molecule has 5 aromatic carbocycles. The summed E-state index contributed by atoms with van der Waals surface area (Å²) in [6.07, 6.45) is 0. The summed E-state index contributed by atoms with van der Waals surface area (Å²) >= 11 is 0. The monoisotopic (exact) mass is 744 g/mol. The topological polar surface area (TPSA) is 29.0 Å². The van der Waals surface area contributed by atoms with Crippen LogP contribution < -0.4 is 4.90 Å². The van der Waals surface area contributed by atoms with Crippen molar-refractivity contribution in [1.29, 1.82) is 0 Å². The van der Waals surface area contributed by atoms with Gasteiger partial charge in [-0.2, -0.15) is 0 Å². The fraction of sp³-hybridized carbons (Fsp3) is 0. The van der Waals surface area contributed by atoms with Gasteiger partial charge in [-0.05, 0) is 46.8 Å². The zero-order valence-corrected chi connectivity index (χ0v) is 26.0. The fourth-order valence-corrected chi connectivity index (χ4v) is 5.20. The largest absolute Gasteiger partial charge is 2.00 e. The smallest absolute Gasteiger partial charge is 0.280 e. The van der Waals surface area contributed by atoms with E-state index < -0.39 is 0 Å². The van der Waals surface area contributed by atoms with E-state index in [-0.39, 0.29) is 21.1 Å². The molecule has 7 rings (SSSR count). The van der Waals surface area contributed by atoms with E-state index in [2.05, 4.69) is 102 Å². The standard InChI is InChI=1S/C40H27N3.Pt/c1-4-14-30(15-5-1)32-18-10-20-34(28-32)37-24-12-26-39(41-37)43(36-22-8-3-9-23-36)40-27-13-25-38(42-40)35-21-11-19-33(29-35)31-16-6-2-7-17-31;/h1-19,22-29H;/q-2;+2. The first-order valence-corrected chi connectivity index (χ1v) is 14.3. The molecule has 2 heterocycles. The van der Waals surface area contributed by atoms with E-state index in [1.165, 1.54) is 0 Å². The van der Waals surface area contributed by atoms with E-state index in [1.807, 2.05) is 78.9 Å². The maximum absolute atomic E-state index is 5.13. The van der Waals surface area contributed by atoms with Crippen molar-refractivity contribution in [3.8, 4) is 44.8 Å². The third-order valence-corrected chi connectivity index (χ3v) is 7.31. The van der Waals surface area contributed by atoms with Crippen LogP contribution in [0, 0.1) is 12.1 Å². The molecular weight excluding hydrogens is 718 g/mol. The average Bonchev–Trinajstić information content (AvgIpc) is 3.10. The van der Waals surface area contributed by atoms with E-state index in [0.29, 0.717) is 0 Å². The van der Waals surface area contributed by atoms with Crippen LogP contribution in [0.15, 0.2) is 164 Å². The Hall–Kier alpha value is -5.11. The molecule has 0 aliphatic heterocycles. The minimum atomic E-state index is 0. The fourth-order valence-electron chi connectivity index (χ4n) is 5.20. The first-order valence-electron chi connectivity index (χ1n) is 14.3. The molecule has 212 valence electrons. The zero-order chi connectivity index (χ0) is 28.8. The molecule has 0 aliphatic carbocycles. The number of hydrogen-bond donors (Lipinski definition) is 0. The molecule has 0 saturated carbocycles. The maximum Gasteiger partial charge on any atom is 2.00 e.